The molecule has 7 heteroatoms. The Kier molecular flexibility index (Phi) is 9.94. The number of hydrogen-bond donors (Lipinski definition) is 1. The summed E-state index contributed by atoms with van der Waals surface area (Å²) in [6.07, 6.45) is 5.96. The molecule has 0 bridgehead atoms. The van der Waals surface area contributed by atoms with Gasteiger partial charge in [0.15, 0.2) is 0 Å². The highest BCUT2D eigenvalue weighted by molar-refractivity contribution is 9.10. The van der Waals surface area contributed by atoms with E-state index in [4.69, 9.17) is 11.6 Å². The van der Waals surface area contributed by atoms with Crippen LogP contribution in [0.1, 0.15) is 51.0 Å². The smallest absolute Gasteiger partial charge is 0.242 e. The number of hydrogen-bond acceptors (Lipinski definition) is 3. The molecule has 2 aromatic carbocycles. The number of thioether (sulfide) groups is 1. The van der Waals surface area contributed by atoms with Gasteiger partial charge >= 0.3 is 0 Å². The fourth-order valence-electron chi connectivity index (χ4n) is 3.91. The lowest BCUT2D eigenvalue weighted by molar-refractivity contribution is -0.140. The van der Waals surface area contributed by atoms with Crippen LogP contribution in [0.4, 0.5) is 0 Å². The number of carbonyl (C=O) groups is 2. The molecule has 1 aliphatic rings. The molecule has 2 amide bonds. The van der Waals surface area contributed by atoms with Crippen molar-refractivity contribution in [2.45, 2.75) is 69.0 Å². The number of nitrogens with one attached hydrogen (secondary N) is 1. The van der Waals surface area contributed by atoms with E-state index < -0.39 is 6.04 Å². The van der Waals surface area contributed by atoms with Crippen molar-refractivity contribution in [1.82, 2.24) is 10.2 Å². The molecule has 0 unspecified atom stereocenters. The second-order valence-corrected chi connectivity index (χ2v) is 10.7. The zero-order valence-corrected chi connectivity index (χ0v) is 21.5. The Hall–Kier alpha value is -1.50. The molecule has 0 heterocycles. The van der Waals surface area contributed by atoms with Crippen LogP contribution in [0.3, 0.4) is 0 Å². The van der Waals surface area contributed by atoms with Gasteiger partial charge in [0, 0.05) is 39.2 Å². The largest absolute Gasteiger partial charge is 0.352 e. The van der Waals surface area contributed by atoms with Gasteiger partial charge in [0.25, 0.3) is 0 Å². The van der Waals surface area contributed by atoms with E-state index in [0.717, 1.165) is 40.6 Å². The molecule has 1 fully saturated rings. The normalized spacial score (nSPS) is 15.2. The van der Waals surface area contributed by atoms with Crippen LogP contribution in [0.5, 0.6) is 0 Å². The van der Waals surface area contributed by atoms with Gasteiger partial charge in [0.05, 0.1) is 0 Å². The van der Waals surface area contributed by atoms with Gasteiger partial charge in [0.1, 0.15) is 6.04 Å². The van der Waals surface area contributed by atoms with Gasteiger partial charge in [-0.25, -0.2) is 0 Å². The maximum absolute atomic E-state index is 13.2. The summed E-state index contributed by atoms with van der Waals surface area (Å²) in [6, 6.07) is 15.2. The summed E-state index contributed by atoms with van der Waals surface area (Å²) in [5, 5.41) is 3.88. The van der Waals surface area contributed by atoms with Gasteiger partial charge in [-0.05, 0) is 61.7 Å². The summed E-state index contributed by atoms with van der Waals surface area (Å²) < 4.78 is 0.958. The summed E-state index contributed by atoms with van der Waals surface area (Å²) in [5.41, 5.74) is 0.996. The summed E-state index contributed by atoms with van der Waals surface area (Å²) >= 11 is 11.1. The molecule has 1 saturated carbocycles. The van der Waals surface area contributed by atoms with Gasteiger partial charge in [-0.3, -0.25) is 9.59 Å². The zero-order chi connectivity index (χ0) is 22.9. The Balaban J connectivity index is 1.64. The fourth-order valence-corrected chi connectivity index (χ4v) is 5.33. The first-order valence-corrected chi connectivity index (χ1v) is 13.3. The van der Waals surface area contributed by atoms with E-state index in [0.29, 0.717) is 23.7 Å². The van der Waals surface area contributed by atoms with Crippen molar-refractivity contribution in [3.8, 4) is 0 Å². The topological polar surface area (TPSA) is 49.4 Å². The van der Waals surface area contributed by atoms with Crippen LogP contribution >= 0.6 is 39.3 Å². The minimum absolute atomic E-state index is 0.0160. The van der Waals surface area contributed by atoms with E-state index in [9.17, 15) is 9.59 Å². The fraction of sp³-hybridized carbons (Fsp3) is 0.440. The number of amides is 2. The number of nitrogens with zero attached hydrogens (tertiary/aromatic N) is 1. The van der Waals surface area contributed by atoms with E-state index >= 15 is 0 Å². The van der Waals surface area contributed by atoms with Crippen molar-refractivity contribution in [3.63, 3.8) is 0 Å². The third kappa shape index (κ3) is 7.82. The molecule has 1 aliphatic carbocycles. The summed E-state index contributed by atoms with van der Waals surface area (Å²) in [7, 11) is 0. The SMILES string of the molecule is C[C@@H](C(=O)NC1CCCCC1)N(Cc1cccc(Br)c1)C(=O)CCSc1ccc(Cl)cc1. The molecule has 4 nitrogen and oxygen atoms in total. The average Bonchev–Trinajstić information content (AvgIpc) is 2.79. The van der Waals surface area contributed by atoms with Crippen LogP contribution in [-0.4, -0.2) is 34.6 Å². The Morgan fingerprint density at radius 1 is 1.16 bits per heavy atom. The van der Waals surface area contributed by atoms with Gasteiger partial charge in [-0.15, -0.1) is 11.8 Å². The highest BCUT2D eigenvalue weighted by atomic mass is 79.9. The predicted molar refractivity (Wildman–Crippen MR) is 136 cm³/mol. The molecule has 0 spiro atoms. The molecule has 0 aromatic heterocycles. The third-order valence-corrected chi connectivity index (χ3v) is 7.52. The number of benzene rings is 2. The van der Waals surface area contributed by atoms with Crippen molar-refractivity contribution >= 4 is 51.1 Å². The average molecular weight is 538 g/mol. The van der Waals surface area contributed by atoms with E-state index in [1.54, 1.807) is 16.7 Å². The molecule has 0 saturated heterocycles. The number of rotatable bonds is 9. The second-order valence-electron chi connectivity index (χ2n) is 8.22. The first kappa shape index (κ1) is 25.1. The molecule has 0 radical (unpaired) electrons. The Bertz CT molecular complexity index is 903. The van der Waals surface area contributed by atoms with Gasteiger partial charge < -0.3 is 10.2 Å². The lowest BCUT2D eigenvalue weighted by atomic mass is 9.95. The van der Waals surface area contributed by atoms with Gasteiger partial charge in [0.2, 0.25) is 11.8 Å². The van der Waals surface area contributed by atoms with Crippen LogP contribution in [0.25, 0.3) is 0 Å². The highest BCUT2D eigenvalue weighted by Crippen LogP contribution is 2.23. The van der Waals surface area contributed by atoms with Crippen molar-refractivity contribution in [2.75, 3.05) is 5.75 Å². The van der Waals surface area contributed by atoms with Crippen molar-refractivity contribution < 1.29 is 9.59 Å². The molecule has 2 aromatic rings. The minimum atomic E-state index is -0.524. The van der Waals surface area contributed by atoms with E-state index in [2.05, 4.69) is 21.2 Å². The molecule has 3 rings (SSSR count). The molecule has 0 aliphatic heterocycles. The Morgan fingerprint density at radius 3 is 2.56 bits per heavy atom. The molecule has 172 valence electrons. The molecule has 1 N–H and O–H groups in total. The first-order chi connectivity index (χ1) is 15.4. The van der Waals surface area contributed by atoms with Crippen molar-refractivity contribution in [2.24, 2.45) is 0 Å². The van der Waals surface area contributed by atoms with Crippen LogP contribution in [-0.2, 0) is 16.1 Å². The highest BCUT2D eigenvalue weighted by Gasteiger charge is 2.28. The lowest BCUT2D eigenvalue weighted by Gasteiger charge is -2.31. The van der Waals surface area contributed by atoms with Crippen LogP contribution < -0.4 is 5.32 Å². The van der Waals surface area contributed by atoms with Crippen LogP contribution in [0.2, 0.25) is 5.02 Å². The first-order valence-electron chi connectivity index (χ1n) is 11.1. The van der Waals surface area contributed by atoms with Crippen molar-refractivity contribution in [1.29, 1.82) is 0 Å². The summed E-state index contributed by atoms with van der Waals surface area (Å²) in [6.45, 7) is 2.24. The molecular weight excluding hydrogens is 508 g/mol. The quantitative estimate of drug-likeness (QED) is 0.374. The van der Waals surface area contributed by atoms with Gasteiger partial charge in [-0.2, -0.15) is 0 Å². The second kappa shape index (κ2) is 12.7. The van der Waals surface area contributed by atoms with Crippen LogP contribution in [0, 0.1) is 0 Å². The zero-order valence-electron chi connectivity index (χ0n) is 18.4. The monoisotopic (exact) mass is 536 g/mol. The lowest BCUT2D eigenvalue weighted by Crippen LogP contribution is -2.50. The Morgan fingerprint density at radius 2 is 1.88 bits per heavy atom. The third-order valence-electron chi connectivity index (χ3n) is 5.76. The summed E-state index contributed by atoms with van der Waals surface area (Å²) in [4.78, 5) is 29.0. The number of halogens is 2. The predicted octanol–water partition coefficient (Wildman–Crippen LogP) is 6.45. The molecule has 1 atom stereocenters. The maximum Gasteiger partial charge on any atom is 0.242 e. The van der Waals surface area contributed by atoms with E-state index in [-0.39, 0.29) is 17.9 Å². The minimum Gasteiger partial charge on any atom is -0.352 e. The maximum atomic E-state index is 13.2. The summed E-state index contributed by atoms with van der Waals surface area (Å²) in [5.74, 6) is 0.565. The van der Waals surface area contributed by atoms with Crippen molar-refractivity contribution in [3.05, 3.63) is 63.6 Å². The molecular formula is C25H30BrClN2O2S. The van der Waals surface area contributed by atoms with Crippen LogP contribution in [0.15, 0.2) is 57.9 Å². The van der Waals surface area contributed by atoms with E-state index in [1.807, 2.05) is 55.5 Å². The standard InChI is InChI=1S/C25H30BrClN2O2S/c1-18(25(31)28-22-8-3-2-4-9-22)29(17-19-6-5-7-20(26)16-19)24(30)14-15-32-23-12-10-21(27)11-13-23/h5-7,10-13,16,18,22H,2-4,8-9,14-15,17H2,1H3,(H,28,31)/t18-/m0/s1. The number of carbonyl (C=O) groups excluding carboxylic acids is 2. The van der Waals surface area contributed by atoms with E-state index in [1.165, 1.54) is 6.42 Å². The molecule has 32 heavy (non-hydrogen) atoms. The Labute approximate surface area is 208 Å². The van der Waals surface area contributed by atoms with Gasteiger partial charge in [-0.1, -0.05) is 58.9 Å².